The van der Waals surface area contributed by atoms with Crippen molar-refractivity contribution in [3.05, 3.63) is 0 Å². The first-order valence-corrected chi connectivity index (χ1v) is 6.93. The third-order valence-electron chi connectivity index (χ3n) is 1.64. The van der Waals surface area contributed by atoms with Crippen LogP contribution in [-0.2, 0) is 8.85 Å². The van der Waals surface area contributed by atoms with Gasteiger partial charge in [-0.25, -0.2) is 0 Å². The van der Waals surface area contributed by atoms with Crippen molar-refractivity contribution in [2.75, 3.05) is 13.2 Å². The summed E-state index contributed by atoms with van der Waals surface area (Å²) in [5.74, 6) is 0. The summed E-state index contributed by atoms with van der Waals surface area (Å²) in [5, 5.41) is 0.444. The highest BCUT2D eigenvalue weighted by atomic mass is 32.1. The Morgan fingerprint density at radius 1 is 1.17 bits per heavy atom. The van der Waals surface area contributed by atoms with Crippen molar-refractivity contribution in [3.8, 4) is 0 Å². The average molecular weight is 208 g/mol. The van der Waals surface area contributed by atoms with E-state index in [0.29, 0.717) is 5.25 Å². The van der Waals surface area contributed by atoms with E-state index < -0.39 is 9.28 Å². The molecule has 2 nitrogen and oxygen atoms in total. The predicted molar refractivity (Wildman–Crippen MR) is 58.3 cm³/mol. The van der Waals surface area contributed by atoms with Gasteiger partial charge in [-0.2, -0.15) is 12.6 Å². The molecule has 12 heavy (non-hydrogen) atoms. The van der Waals surface area contributed by atoms with Crippen molar-refractivity contribution in [1.29, 1.82) is 0 Å². The van der Waals surface area contributed by atoms with Crippen LogP contribution in [0.25, 0.3) is 0 Å². The summed E-state index contributed by atoms with van der Waals surface area (Å²) in [6.07, 6.45) is 1.09. The smallest absolute Gasteiger partial charge is 0.322 e. The van der Waals surface area contributed by atoms with Gasteiger partial charge in [-0.1, -0.05) is 6.92 Å². The SMILES string of the molecule is CCO[SiH](CC(S)CC)OCC. The molecule has 4 heteroatoms. The summed E-state index contributed by atoms with van der Waals surface area (Å²) in [6.45, 7) is 7.69. The maximum atomic E-state index is 5.52. The van der Waals surface area contributed by atoms with Gasteiger partial charge in [0.2, 0.25) is 0 Å². The highest BCUT2D eigenvalue weighted by Gasteiger charge is 2.15. The second-order valence-electron chi connectivity index (χ2n) is 2.64. The van der Waals surface area contributed by atoms with Crippen LogP contribution in [0.3, 0.4) is 0 Å². The van der Waals surface area contributed by atoms with Crippen LogP contribution in [-0.4, -0.2) is 27.7 Å². The fraction of sp³-hybridized carbons (Fsp3) is 1.00. The lowest BCUT2D eigenvalue weighted by atomic mass is 10.4. The minimum atomic E-state index is -1.39. The number of hydrogen-bond acceptors (Lipinski definition) is 3. The Kier molecular flexibility index (Phi) is 8.43. The average Bonchev–Trinajstić information content (AvgIpc) is 2.05. The molecule has 0 rings (SSSR count). The van der Waals surface area contributed by atoms with E-state index in [1.165, 1.54) is 0 Å². The van der Waals surface area contributed by atoms with Crippen molar-refractivity contribution < 1.29 is 8.85 Å². The molecule has 1 atom stereocenters. The highest BCUT2D eigenvalue weighted by Crippen LogP contribution is 2.11. The molecule has 74 valence electrons. The lowest BCUT2D eigenvalue weighted by Gasteiger charge is -2.17. The molecule has 0 saturated carbocycles. The molecule has 0 aliphatic carbocycles. The highest BCUT2D eigenvalue weighted by molar-refractivity contribution is 7.81. The maximum absolute atomic E-state index is 5.52. The third kappa shape index (κ3) is 6.05. The number of hydrogen-bond donors (Lipinski definition) is 1. The van der Waals surface area contributed by atoms with E-state index in [1.807, 2.05) is 13.8 Å². The van der Waals surface area contributed by atoms with E-state index in [9.17, 15) is 0 Å². The summed E-state index contributed by atoms with van der Waals surface area (Å²) in [5.41, 5.74) is 0. The third-order valence-corrected chi connectivity index (χ3v) is 4.98. The van der Waals surface area contributed by atoms with E-state index >= 15 is 0 Å². The normalized spacial score (nSPS) is 13.8. The lowest BCUT2D eigenvalue weighted by Crippen LogP contribution is -2.26. The summed E-state index contributed by atoms with van der Waals surface area (Å²) in [4.78, 5) is 0. The monoisotopic (exact) mass is 208 g/mol. The second kappa shape index (κ2) is 8.10. The number of thiol groups is 1. The van der Waals surface area contributed by atoms with Crippen LogP contribution < -0.4 is 0 Å². The number of rotatable bonds is 7. The molecule has 1 unspecified atom stereocenters. The zero-order chi connectivity index (χ0) is 9.40. The molecule has 0 amide bonds. The van der Waals surface area contributed by atoms with Gasteiger partial charge in [0, 0.05) is 18.5 Å². The van der Waals surface area contributed by atoms with Gasteiger partial charge in [0.05, 0.1) is 0 Å². The molecule has 0 radical (unpaired) electrons. The van der Waals surface area contributed by atoms with Crippen LogP contribution in [0, 0.1) is 0 Å². The van der Waals surface area contributed by atoms with E-state index in [4.69, 9.17) is 8.85 Å². The van der Waals surface area contributed by atoms with Gasteiger partial charge in [0.15, 0.2) is 0 Å². The van der Waals surface area contributed by atoms with Crippen molar-refractivity contribution in [2.45, 2.75) is 38.5 Å². The first-order chi connectivity index (χ1) is 5.74. The predicted octanol–water partition coefficient (Wildman–Crippen LogP) is 1.99. The largest absolute Gasteiger partial charge is 0.397 e. The zero-order valence-electron chi connectivity index (χ0n) is 8.25. The molecule has 0 heterocycles. The van der Waals surface area contributed by atoms with E-state index in [-0.39, 0.29) is 0 Å². The Morgan fingerprint density at radius 2 is 1.67 bits per heavy atom. The van der Waals surface area contributed by atoms with Crippen LogP contribution in [0.5, 0.6) is 0 Å². The molecule has 0 fully saturated rings. The van der Waals surface area contributed by atoms with Crippen LogP contribution in [0.2, 0.25) is 6.04 Å². The van der Waals surface area contributed by atoms with Crippen LogP contribution in [0.15, 0.2) is 0 Å². The van der Waals surface area contributed by atoms with Crippen LogP contribution >= 0.6 is 12.6 Å². The Morgan fingerprint density at radius 3 is 2.00 bits per heavy atom. The second-order valence-corrected chi connectivity index (χ2v) is 5.37. The molecule has 0 bridgehead atoms. The maximum Gasteiger partial charge on any atom is 0.322 e. The summed E-state index contributed by atoms with van der Waals surface area (Å²) in [6, 6.07) is 1.02. The first kappa shape index (κ1) is 12.5. The van der Waals surface area contributed by atoms with Crippen molar-refractivity contribution in [1.82, 2.24) is 0 Å². The van der Waals surface area contributed by atoms with Gasteiger partial charge in [0.1, 0.15) is 0 Å². The van der Waals surface area contributed by atoms with Crippen molar-refractivity contribution in [3.63, 3.8) is 0 Å². The van der Waals surface area contributed by atoms with Crippen LogP contribution in [0.1, 0.15) is 27.2 Å². The van der Waals surface area contributed by atoms with E-state index in [2.05, 4.69) is 19.6 Å². The van der Waals surface area contributed by atoms with Gasteiger partial charge in [-0.3, -0.25) is 0 Å². The fourth-order valence-electron chi connectivity index (χ4n) is 0.945. The molecule has 0 aromatic heterocycles. The van der Waals surface area contributed by atoms with Gasteiger partial charge < -0.3 is 8.85 Å². The Bertz CT molecular complexity index is 97.1. The molecular formula is C8H20O2SSi. The molecular weight excluding hydrogens is 188 g/mol. The van der Waals surface area contributed by atoms with Gasteiger partial charge in [-0.05, 0) is 26.3 Å². The van der Waals surface area contributed by atoms with Crippen molar-refractivity contribution in [2.24, 2.45) is 0 Å². The lowest BCUT2D eigenvalue weighted by molar-refractivity contribution is 0.213. The summed E-state index contributed by atoms with van der Waals surface area (Å²) >= 11 is 4.43. The zero-order valence-corrected chi connectivity index (χ0v) is 10.3. The molecule has 0 N–H and O–H groups in total. The Hall–Kier alpha value is 0.487. The molecule has 0 aliphatic rings. The van der Waals surface area contributed by atoms with Gasteiger partial charge in [-0.15, -0.1) is 0 Å². The Balaban J connectivity index is 3.61. The summed E-state index contributed by atoms with van der Waals surface area (Å²) < 4.78 is 11.0. The van der Waals surface area contributed by atoms with E-state index in [1.54, 1.807) is 0 Å². The Labute approximate surface area is 82.9 Å². The van der Waals surface area contributed by atoms with E-state index in [0.717, 1.165) is 25.7 Å². The quantitative estimate of drug-likeness (QED) is 0.509. The molecule has 0 aromatic carbocycles. The van der Waals surface area contributed by atoms with Crippen LogP contribution in [0.4, 0.5) is 0 Å². The molecule has 0 spiro atoms. The molecule has 0 aromatic rings. The first-order valence-electron chi connectivity index (χ1n) is 4.65. The topological polar surface area (TPSA) is 18.5 Å². The van der Waals surface area contributed by atoms with Gasteiger partial charge in [0.25, 0.3) is 0 Å². The van der Waals surface area contributed by atoms with Crippen molar-refractivity contribution >= 4 is 21.9 Å². The van der Waals surface area contributed by atoms with Gasteiger partial charge >= 0.3 is 9.28 Å². The minimum absolute atomic E-state index is 0.444. The fourth-order valence-corrected chi connectivity index (χ4v) is 3.35. The molecule has 0 aliphatic heterocycles. The standard InChI is InChI=1S/C8H20O2SSi/c1-4-8(11)7-12(9-5-2)10-6-3/h8,11-12H,4-7H2,1-3H3. The molecule has 0 saturated heterocycles. The summed E-state index contributed by atoms with van der Waals surface area (Å²) in [7, 11) is -1.39. The minimum Gasteiger partial charge on any atom is -0.397 e.